The maximum atomic E-state index is 8.49. The van der Waals surface area contributed by atoms with Gasteiger partial charge < -0.3 is 5.11 Å². The second-order valence-electron chi connectivity index (χ2n) is 2.55. The van der Waals surface area contributed by atoms with E-state index in [1.54, 1.807) is 17.4 Å². The molecule has 1 aromatic heterocycles. The average Bonchev–Trinajstić information content (AvgIpc) is 2.69. The number of aliphatic hydroxyl groups excluding tert-OH is 1. The highest BCUT2D eigenvalue weighted by molar-refractivity contribution is 7.10. The molecule has 2 heteroatoms. The van der Waals surface area contributed by atoms with Crippen molar-refractivity contribution < 1.29 is 5.11 Å². The lowest BCUT2D eigenvalue weighted by molar-refractivity contribution is 0.302. The Labute approximate surface area is 88.4 Å². The summed E-state index contributed by atoms with van der Waals surface area (Å²) in [7, 11) is 0. The van der Waals surface area contributed by atoms with E-state index in [0.717, 1.165) is 4.88 Å². The molecule has 0 aliphatic heterocycles. The summed E-state index contributed by atoms with van der Waals surface area (Å²) in [5.74, 6) is 5.94. The molecule has 0 fully saturated rings. The maximum absolute atomic E-state index is 8.49. The maximum Gasteiger partial charge on any atom is 0.0771 e. The van der Waals surface area contributed by atoms with Crippen molar-refractivity contribution in [3.05, 3.63) is 46.7 Å². The van der Waals surface area contributed by atoms with Gasteiger partial charge in [0.05, 0.1) is 4.88 Å². The molecule has 0 aromatic carbocycles. The van der Waals surface area contributed by atoms with Crippen LogP contribution >= 0.6 is 11.3 Å². The van der Waals surface area contributed by atoms with Crippen molar-refractivity contribution in [2.45, 2.75) is 6.42 Å². The Morgan fingerprint density at radius 3 is 3.07 bits per heavy atom. The molecule has 1 N–H and O–H groups in total. The molecular weight excluding hydrogens is 192 g/mol. The molecule has 0 aliphatic rings. The molecule has 1 nitrogen and oxygen atoms in total. The van der Waals surface area contributed by atoms with E-state index in [1.165, 1.54) is 0 Å². The van der Waals surface area contributed by atoms with E-state index in [-0.39, 0.29) is 6.61 Å². The van der Waals surface area contributed by atoms with Crippen molar-refractivity contribution >= 4 is 11.3 Å². The van der Waals surface area contributed by atoms with E-state index >= 15 is 0 Å². The molecule has 1 rings (SSSR count). The van der Waals surface area contributed by atoms with Gasteiger partial charge in [0.15, 0.2) is 0 Å². The molecule has 14 heavy (non-hydrogen) atoms. The Morgan fingerprint density at radius 1 is 1.43 bits per heavy atom. The molecule has 0 unspecified atom stereocenters. The minimum absolute atomic E-state index is 0.200. The van der Waals surface area contributed by atoms with Gasteiger partial charge in [-0.25, -0.2) is 0 Å². The van der Waals surface area contributed by atoms with Crippen molar-refractivity contribution in [2.24, 2.45) is 0 Å². The van der Waals surface area contributed by atoms with E-state index in [1.807, 2.05) is 35.7 Å². The standard InChI is InChI=1S/C12H12OS/c13-10-6-4-2-1-3-5-8-12-9-7-11-14-12/h1-4,7,9,11,13H,6,10H2/b3-1+,4-2+. The van der Waals surface area contributed by atoms with E-state index < -0.39 is 0 Å². The van der Waals surface area contributed by atoms with Gasteiger partial charge in [-0.1, -0.05) is 36.1 Å². The summed E-state index contributed by atoms with van der Waals surface area (Å²) >= 11 is 1.64. The Bertz CT molecular complexity index is 349. The lowest BCUT2D eigenvalue weighted by Gasteiger charge is -1.78. The zero-order chi connectivity index (χ0) is 10.1. The van der Waals surface area contributed by atoms with Gasteiger partial charge in [-0.15, -0.1) is 11.3 Å². The van der Waals surface area contributed by atoms with Crippen molar-refractivity contribution in [3.8, 4) is 11.8 Å². The van der Waals surface area contributed by atoms with Crippen LogP contribution in [0, 0.1) is 11.8 Å². The predicted molar refractivity (Wildman–Crippen MR) is 61.2 cm³/mol. The summed E-state index contributed by atoms with van der Waals surface area (Å²) in [5, 5.41) is 10.5. The lowest BCUT2D eigenvalue weighted by atomic mass is 10.3. The zero-order valence-corrected chi connectivity index (χ0v) is 8.63. The summed E-state index contributed by atoms with van der Waals surface area (Å²) in [6.45, 7) is 0.200. The summed E-state index contributed by atoms with van der Waals surface area (Å²) < 4.78 is 0. The van der Waals surface area contributed by atoms with Crippen LogP contribution in [0.15, 0.2) is 41.8 Å². The quantitative estimate of drug-likeness (QED) is 0.592. The number of thiophene rings is 1. The third-order valence-electron chi connectivity index (χ3n) is 1.44. The number of rotatable bonds is 3. The Hall–Kier alpha value is -1.30. The molecule has 1 aromatic rings. The fourth-order valence-corrected chi connectivity index (χ4v) is 1.39. The first-order chi connectivity index (χ1) is 6.93. The Morgan fingerprint density at radius 2 is 2.36 bits per heavy atom. The van der Waals surface area contributed by atoms with Gasteiger partial charge in [0.25, 0.3) is 0 Å². The second kappa shape index (κ2) is 7.14. The highest BCUT2D eigenvalue weighted by Gasteiger charge is 1.81. The van der Waals surface area contributed by atoms with Crippen LogP contribution in [-0.4, -0.2) is 11.7 Å². The topological polar surface area (TPSA) is 20.2 Å². The molecule has 0 saturated heterocycles. The van der Waals surface area contributed by atoms with Crippen LogP contribution < -0.4 is 0 Å². The second-order valence-corrected chi connectivity index (χ2v) is 3.49. The molecule has 0 amide bonds. The number of allylic oxidation sites excluding steroid dienone is 3. The van der Waals surface area contributed by atoms with Crippen LogP contribution in [0.5, 0.6) is 0 Å². The first kappa shape index (κ1) is 10.8. The van der Waals surface area contributed by atoms with Gasteiger partial charge in [0, 0.05) is 6.61 Å². The minimum atomic E-state index is 0.200. The SMILES string of the molecule is OCC/C=C/C=C/C#Cc1cccs1. The van der Waals surface area contributed by atoms with Gasteiger partial charge in [0.1, 0.15) is 0 Å². The summed E-state index contributed by atoms with van der Waals surface area (Å²) in [6.07, 6.45) is 8.16. The summed E-state index contributed by atoms with van der Waals surface area (Å²) in [6, 6.07) is 3.98. The largest absolute Gasteiger partial charge is 0.396 e. The van der Waals surface area contributed by atoms with Crippen molar-refractivity contribution in [2.75, 3.05) is 6.61 Å². The average molecular weight is 204 g/mol. The molecule has 1 heterocycles. The molecule has 72 valence electrons. The summed E-state index contributed by atoms with van der Waals surface area (Å²) in [4.78, 5) is 1.08. The predicted octanol–water partition coefficient (Wildman–Crippen LogP) is 2.59. The zero-order valence-electron chi connectivity index (χ0n) is 7.81. The van der Waals surface area contributed by atoms with E-state index in [0.29, 0.717) is 6.42 Å². The monoisotopic (exact) mass is 204 g/mol. The van der Waals surface area contributed by atoms with Crippen LogP contribution in [0.1, 0.15) is 11.3 Å². The van der Waals surface area contributed by atoms with Crippen LogP contribution in [0.25, 0.3) is 0 Å². The summed E-state index contributed by atoms with van der Waals surface area (Å²) in [5.41, 5.74) is 0. The number of aliphatic hydroxyl groups is 1. The Kier molecular flexibility index (Phi) is 5.49. The highest BCUT2D eigenvalue weighted by atomic mass is 32.1. The van der Waals surface area contributed by atoms with Crippen LogP contribution in [0.3, 0.4) is 0 Å². The van der Waals surface area contributed by atoms with Gasteiger partial charge in [0.2, 0.25) is 0 Å². The molecular formula is C12H12OS. The van der Waals surface area contributed by atoms with Gasteiger partial charge in [-0.05, 0) is 23.9 Å². The molecule has 0 aliphatic carbocycles. The lowest BCUT2D eigenvalue weighted by Crippen LogP contribution is -1.73. The Balaban J connectivity index is 2.32. The normalized spacial score (nSPS) is 10.6. The van der Waals surface area contributed by atoms with Gasteiger partial charge >= 0.3 is 0 Å². The molecule has 0 bridgehead atoms. The molecule has 0 saturated carbocycles. The van der Waals surface area contributed by atoms with Crippen LogP contribution in [0.4, 0.5) is 0 Å². The first-order valence-corrected chi connectivity index (χ1v) is 5.29. The van der Waals surface area contributed by atoms with Gasteiger partial charge in [-0.2, -0.15) is 0 Å². The fourth-order valence-electron chi connectivity index (χ4n) is 0.815. The van der Waals surface area contributed by atoms with E-state index in [9.17, 15) is 0 Å². The fraction of sp³-hybridized carbons (Fsp3) is 0.167. The van der Waals surface area contributed by atoms with Crippen LogP contribution in [-0.2, 0) is 0 Å². The van der Waals surface area contributed by atoms with Gasteiger partial charge in [-0.3, -0.25) is 0 Å². The minimum Gasteiger partial charge on any atom is -0.396 e. The number of hydrogen-bond acceptors (Lipinski definition) is 2. The van der Waals surface area contributed by atoms with Crippen molar-refractivity contribution in [3.63, 3.8) is 0 Å². The third kappa shape index (κ3) is 4.66. The molecule has 0 radical (unpaired) electrons. The molecule has 0 atom stereocenters. The number of hydrogen-bond donors (Lipinski definition) is 1. The molecule has 0 spiro atoms. The third-order valence-corrected chi connectivity index (χ3v) is 2.22. The highest BCUT2D eigenvalue weighted by Crippen LogP contribution is 2.05. The van der Waals surface area contributed by atoms with Crippen LogP contribution in [0.2, 0.25) is 0 Å². The van der Waals surface area contributed by atoms with Crippen molar-refractivity contribution in [1.82, 2.24) is 0 Å². The van der Waals surface area contributed by atoms with E-state index in [2.05, 4.69) is 11.8 Å². The van der Waals surface area contributed by atoms with E-state index in [4.69, 9.17) is 5.11 Å². The first-order valence-electron chi connectivity index (χ1n) is 4.41. The van der Waals surface area contributed by atoms with Crippen molar-refractivity contribution in [1.29, 1.82) is 0 Å². The smallest absolute Gasteiger partial charge is 0.0771 e.